The lowest BCUT2D eigenvalue weighted by Gasteiger charge is -2.25. The molecule has 0 atom stereocenters. The van der Waals surface area contributed by atoms with E-state index in [0.29, 0.717) is 0 Å². The van der Waals surface area contributed by atoms with Crippen LogP contribution in [0.3, 0.4) is 0 Å². The highest BCUT2D eigenvalue weighted by atomic mass is 35.5. The molecule has 1 aliphatic heterocycles. The summed E-state index contributed by atoms with van der Waals surface area (Å²) in [5.41, 5.74) is 0. The van der Waals surface area contributed by atoms with Crippen LogP contribution in [0.15, 0.2) is 0 Å². The highest BCUT2D eigenvalue weighted by Gasteiger charge is 2.09. The Bertz CT molecular complexity index is 105. The third-order valence-electron chi connectivity index (χ3n) is 2.12. The van der Waals surface area contributed by atoms with Crippen molar-refractivity contribution in [2.45, 2.75) is 32.1 Å². The first-order chi connectivity index (χ1) is 5.93. The smallest absolute Gasteiger partial charge is 0.0685 e. The lowest BCUT2D eigenvalue weighted by molar-refractivity contribution is -0.168. The standard InChI is InChI=1S/C9H18ClNO/c10-6-2-5-9-12-11-7-3-1-4-8-11/h1-9H2. The second kappa shape index (κ2) is 6.70. The van der Waals surface area contributed by atoms with Gasteiger partial charge in [0.1, 0.15) is 0 Å². The molecule has 0 N–H and O–H groups in total. The number of unbranched alkanes of at least 4 members (excludes halogenated alkanes) is 1. The van der Waals surface area contributed by atoms with Crippen molar-refractivity contribution in [3.05, 3.63) is 0 Å². The molecule has 12 heavy (non-hydrogen) atoms. The Morgan fingerprint density at radius 1 is 1.08 bits per heavy atom. The Labute approximate surface area is 79.8 Å². The summed E-state index contributed by atoms with van der Waals surface area (Å²) >= 11 is 5.55. The van der Waals surface area contributed by atoms with Gasteiger partial charge in [0.25, 0.3) is 0 Å². The second-order valence-corrected chi connectivity index (χ2v) is 3.60. The van der Waals surface area contributed by atoms with E-state index >= 15 is 0 Å². The van der Waals surface area contributed by atoms with Gasteiger partial charge in [-0.05, 0) is 25.7 Å². The summed E-state index contributed by atoms with van der Waals surface area (Å²) in [6.07, 6.45) is 6.09. The average Bonchev–Trinajstić information content (AvgIpc) is 2.14. The topological polar surface area (TPSA) is 12.5 Å². The number of rotatable bonds is 5. The van der Waals surface area contributed by atoms with Gasteiger partial charge >= 0.3 is 0 Å². The molecule has 0 aromatic carbocycles. The fourth-order valence-electron chi connectivity index (χ4n) is 1.38. The molecule has 1 fully saturated rings. The fraction of sp³-hybridized carbons (Fsp3) is 1.00. The van der Waals surface area contributed by atoms with Gasteiger partial charge in [-0.15, -0.1) is 11.6 Å². The number of hydrogen-bond acceptors (Lipinski definition) is 2. The molecule has 0 radical (unpaired) electrons. The number of nitrogens with zero attached hydrogens (tertiary/aromatic N) is 1. The average molecular weight is 192 g/mol. The van der Waals surface area contributed by atoms with Gasteiger partial charge in [0.15, 0.2) is 0 Å². The van der Waals surface area contributed by atoms with E-state index in [2.05, 4.69) is 5.06 Å². The maximum absolute atomic E-state index is 5.56. The van der Waals surface area contributed by atoms with E-state index < -0.39 is 0 Å². The zero-order valence-corrected chi connectivity index (χ0v) is 8.35. The molecular formula is C9H18ClNO. The Morgan fingerprint density at radius 2 is 1.83 bits per heavy atom. The van der Waals surface area contributed by atoms with Gasteiger partial charge in [0.2, 0.25) is 0 Å². The number of halogens is 1. The maximum atomic E-state index is 5.56. The minimum Gasteiger partial charge on any atom is -0.299 e. The molecule has 0 spiro atoms. The number of alkyl halides is 1. The van der Waals surface area contributed by atoms with Crippen LogP contribution in [-0.2, 0) is 4.84 Å². The predicted molar refractivity (Wildman–Crippen MR) is 51.3 cm³/mol. The van der Waals surface area contributed by atoms with Crippen molar-refractivity contribution < 1.29 is 4.84 Å². The van der Waals surface area contributed by atoms with Crippen LogP contribution >= 0.6 is 11.6 Å². The summed E-state index contributed by atoms with van der Waals surface area (Å²) < 4.78 is 0. The maximum Gasteiger partial charge on any atom is 0.0685 e. The van der Waals surface area contributed by atoms with Crippen LogP contribution in [-0.4, -0.2) is 30.6 Å². The lowest BCUT2D eigenvalue weighted by atomic mass is 10.2. The van der Waals surface area contributed by atoms with E-state index in [1.54, 1.807) is 0 Å². The van der Waals surface area contributed by atoms with Gasteiger partial charge < -0.3 is 0 Å². The van der Waals surface area contributed by atoms with Crippen molar-refractivity contribution in [3.63, 3.8) is 0 Å². The van der Waals surface area contributed by atoms with Crippen molar-refractivity contribution >= 4 is 11.6 Å². The minimum absolute atomic E-state index is 0.753. The molecule has 0 bridgehead atoms. The monoisotopic (exact) mass is 191 g/mol. The van der Waals surface area contributed by atoms with E-state index in [9.17, 15) is 0 Å². The molecule has 0 aliphatic carbocycles. The third-order valence-corrected chi connectivity index (χ3v) is 2.38. The SMILES string of the molecule is ClCCCCON1CCCCC1. The molecule has 0 unspecified atom stereocenters. The molecule has 1 aliphatic rings. The molecule has 0 saturated carbocycles. The van der Waals surface area contributed by atoms with E-state index in [4.69, 9.17) is 16.4 Å². The molecule has 1 heterocycles. The highest BCUT2D eigenvalue weighted by Crippen LogP contribution is 2.09. The largest absolute Gasteiger partial charge is 0.299 e. The van der Waals surface area contributed by atoms with Crippen LogP contribution in [0.1, 0.15) is 32.1 Å². The first-order valence-electron chi connectivity index (χ1n) is 4.87. The third kappa shape index (κ3) is 4.29. The first kappa shape index (κ1) is 10.3. The molecule has 1 saturated heterocycles. The van der Waals surface area contributed by atoms with Crippen LogP contribution in [0.2, 0.25) is 0 Å². The van der Waals surface area contributed by atoms with Gasteiger partial charge in [0, 0.05) is 19.0 Å². The number of piperidine rings is 1. The van der Waals surface area contributed by atoms with E-state index in [1.165, 1.54) is 19.3 Å². The van der Waals surface area contributed by atoms with Gasteiger partial charge in [0.05, 0.1) is 6.61 Å². The Morgan fingerprint density at radius 3 is 2.50 bits per heavy atom. The van der Waals surface area contributed by atoms with Crippen LogP contribution < -0.4 is 0 Å². The van der Waals surface area contributed by atoms with E-state index in [0.717, 1.165) is 38.4 Å². The lowest BCUT2D eigenvalue weighted by Crippen LogP contribution is -2.30. The van der Waals surface area contributed by atoms with Gasteiger partial charge in [-0.2, -0.15) is 5.06 Å². The van der Waals surface area contributed by atoms with Crippen LogP contribution in [0.4, 0.5) is 0 Å². The summed E-state index contributed by atoms with van der Waals surface area (Å²) in [5, 5.41) is 2.09. The van der Waals surface area contributed by atoms with E-state index in [-0.39, 0.29) is 0 Å². The Balaban J connectivity index is 1.91. The Kier molecular flexibility index (Phi) is 5.74. The molecule has 3 heteroatoms. The predicted octanol–water partition coefficient (Wildman–Crippen LogP) is 2.42. The molecule has 0 amide bonds. The van der Waals surface area contributed by atoms with E-state index in [1.807, 2.05) is 0 Å². The molecule has 0 aromatic heterocycles. The van der Waals surface area contributed by atoms with Crippen molar-refractivity contribution in [1.82, 2.24) is 5.06 Å². The van der Waals surface area contributed by atoms with Crippen molar-refractivity contribution in [2.24, 2.45) is 0 Å². The minimum atomic E-state index is 0.753. The summed E-state index contributed by atoms with van der Waals surface area (Å²) in [4.78, 5) is 5.56. The second-order valence-electron chi connectivity index (χ2n) is 3.22. The molecule has 2 nitrogen and oxygen atoms in total. The van der Waals surface area contributed by atoms with Crippen molar-refractivity contribution in [3.8, 4) is 0 Å². The highest BCUT2D eigenvalue weighted by molar-refractivity contribution is 6.17. The van der Waals surface area contributed by atoms with Crippen molar-refractivity contribution in [1.29, 1.82) is 0 Å². The molecule has 0 aromatic rings. The number of hydrogen-bond donors (Lipinski definition) is 0. The van der Waals surface area contributed by atoms with Crippen molar-refractivity contribution in [2.75, 3.05) is 25.6 Å². The summed E-state index contributed by atoms with van der Waals surface area (Å²) in [6.45, 7) is 3.06. The first-order valence-corrected chi connectivity index (χ1v) is 5.41. The fourth-order valence-corrected chi connectivity index (χ4v) is 1.57. The Hall–Kier alpha value is 0.210. The van der Waals surface area contributed by atoms with Crippen LogP contribution in [0.5, 0.6) is 0 Å². The normalized spacial score (nSPS) is 19.8. The molecule has 1 rings (SSSR count). The zero-order chi connectivity index (χ0) is 8.65. The summed E-state index contributed by atoms with van der Waals surface area (Å²) in [7, 11) is 0. The van der Waals surface area contributed by atoms with Crippen LogP contribution in [0.25, 0.3) is 0 Å². The van der Waals surface area contributed by atoms with Gasteiger partial charge in [-0.3, -0.25) is 4.84 Å². The summed E-state index contributed by atoms with van der Waals surface area (Å²) in [6, 6.07) is 0. The number of hydroxylamine groups is 2. The summed E-state index contributed by atoms with van der Waals surface area (Å²) in [5.74, 6) is 0.753. The van der Waals surface area contributed by atoms with Gasteiger partial charge in [-0.1, -0.05) is 6.42 Å². The van der Waals surface area contributed by atoms with Crippen LogP contribution in [0, 0.1) is 0 Å². The zero-order valence-electron chi connectivity index (χ0n) is 7.60. The molecular weight excluding hydrogens is 174 g/mol. The quantitative estimate of drug-likeness (QED) is 0.489. The van der Waals surface area contributed by atoms with Gasteiger partial charge in [-0.25, -0.2) is 0 Å². The molecule has 72 valence electrons.